The maximum Gasteiger partial charge on any atom is 0.242 e. The molecule has 0 aromatic carbocycles. The zero-order chi connectivity index (χ0) is 12.3. The van der Waals surface area contributed by atoms with Crippen LogP contribution >= 0.6 is 0 Å². The van der Waals surface area contributed by atoms with Gasteiger partial charge in [-0.1, -0.05) is 0 Å². The van der Waals surface area contributed by atoms with Gasteiger partial charge in [-0.25, -0.2) is 9.97 Å². The van der Waals surface area contributed by atoms with Gasteiger partial charge in [0, 0.05) is 19.7 Å². The molecule has 1 aliphatic heterocycles. The van der Waals surface area contributed by atoms with Crippen molar-refractivity contribution in [2.75, 3.05) is 18.5 Å². The van der Waals surface area contributed by atoms with Crippen molar-refractivity contribution >= 4 is 11.7 Å². The zero-order valence-electron chi connectivity index (χ0n) is 9.69. The van der Waals surface area contributed by atoms with Gasteiger partial charge in [0.1, 0.15) is 18.2 Å². The van der Waals surface area contributed by atoms with Gasteiger partial charge >= 0.3 is 0 Å². The number of rotatable bonds is 2. The molecule has 2 rings (SSSR count). The Balaban J connectivity index is 2.24. The fraction of sp³-hybridized carbons (Fsp3) is 0.545. The largest absolute Gasteiger partial charge is 0.357 e. The van der Waals surface area contributed by atoms with Crippen LogP contribution in [0, 0.1) is 5.95 Å². The maximum atomic E-state index is 13.1. The normalized spacial score (nSPS) is 20.1. The first kappa shape index (κ1) is 11.8. The molecule has 1 amide bonds. The quantitative estimate of drug-likeness (QED) is 0.771. The van der Waals surface area contributed by atoms with E-state index >= 15 is 0 Å². The molecular weight excluding hydrogens is 223 g/mol. The van der Waals surface area contributed by atoms with Crippen molar-refractivity contribution in [2.45, 2.75) is 25.3 Å². The van der Waals surface area contributed by atoms with Crippen LogP contribution in [0.5, 0.6) is 0 Å². The lowest BCUT2D eigenvalue weighted by molar-refractivity contribution is -0.122. The summed E-state index contributed by atoms with van der Waals surface area (Å²) in [4.78, 5) is 21.0. The van der Waals surface area contributed by atoms with E-state index in [1.165, 1.54) is 12.4 Å². The van der Waals surface area contributed by atoms with Crippen LogP contribution in [-0.2, 0) is 4.79 Å². The summed E-state index contributed by atoms with van der Waals surface area (Å²) in [5, 5.41) is 2.63. The number of hydrogen-bond donors (Lipinski definition) is 1. The van der Waals surface area contributed by atoms with Crippen molar-refractivity contribution in [3.63, 3.8) is 0 Å². The van der Waals surface area contributed by atoms with Crippen molar-refractivity contribution < 1.29 is 9.18 Å². The van der Waals surface area contributed by atoms with Crippen LogP contribution in [0.4, 0.5) is 10.2 Å². The molecule has 1 fully saturated rings. The van der Waals surface area contributed by atoms with E-state index < -0.39 is 5.95 Å². The summed E-state index contributed by atoms with van der Waals surface area (Å²) in [7, 11) is 1.61. The highest BCUT2D eigenvalue weighted by Gasteiger charge is 2.29. The van der Waals surface area contributed by atoms with Gasteiger partial charge in [-0.3, -0.25) is 4.79 Å². The Hall–Kier alpha value is -1.72. The van der Waals surface area contributed by atoms with Gasteiger partial charge in [0.05, 0.1) is 0 Å². The molecule has 1 aliphatic rings. The molecule has 0 aliphatic carbocycles. The number of piperidine rings is 1. The highest BCUT2D eigenvalue weighted by Crippen LogP contribution is 2.23. The average molecular weight is 238 g/mol. The Labute approximate surface area is 99.1 Å². The molecule has 1 N–H and O–H groups in total. The second-order valence-corrected chi connectivity index (χ2v) is 4.02. The van der Waals surface area contributed by atoms with Crippen LogP contribution in [0.3, 0.4) is 0 Å². The summed E-state index contributed by atoms with van der Waals surface area (Å²) in [6.07, 6.45) is 3.94. The van der Waals surface area contributed by atoms with Crippen LogP contribution in [0.25, 0.3) is 0 Å². The number of halogens is 1. The van der Waals surface area contributed by atoms with Gasteiger partial charge < -0.3 is 10.2 Å². The SMILES string of the molecule is CNC(=O)C1CCCCN1c1cc(F)ncn1. The van der Waals surface area contributed by atoms with E-state index in [2.05, 4.69) is 15.3 Å². The summed E-state index contributed by atoms with van der Waals surface area (Å²) in [5.41, 5.74) is 0. The molecular formula is C11H15FN4O. The molecule has 0 radical (unpaired) electrons. The third-order valence-corrected chi connectivity index (χ3v) is 2.97. The molecule has 2 heterocycles. The van der Waals surface area contributed by atoms with Gasteiger partial charge in [0.15, 0.2) is 0 Å². The average Bonchev–Trinajstić information content (AvgIpc) is 2.38. The predicted octanol–water partition coefficient (Wildman–Crippen LogP) is 0.721. The van der Waals surface area contributed by atoms with Crippen molar-refractivity contribution in [2.24, 2.45) is 0 Å². The first-order valence-electron chi connectivity index (χ1n) is 5.68. The van der Waals surface area contributed by atoms with Crippen LogP contribution < -0.4 is 10.2 Å². The Morgan fingerprint density at radius 2 is 2.35 bits per heavy atom. The van der Waals surface area contributed by atoms with Crippen molar-refractivity contribution in [3.05, 3.63) is 18.3 Å². The van der Waals surface area contributed by atoms with Crippen molar-refractivity contribution in [1.82, 2.24) is 15.3 Å². The van der Waals surface area contributed by atoms with E-state index in [-0.39, 0.29) is 11.9 Å². The molecule has 0 bridgehead atoms. The molecule has 1 aromatic rings. The molecule has 1 aromatic heterocycles. The Morgan fingerprint density at radius 3 is 3.06 bits per heavy atom. The number of aromatic nitrogens is 2. The molecule has 17 heavy (non-hydrogen) atoms. The topological polar surface area (TPSA) is 58.1 Å². The number of likely N-dealkylation sites (N-methyl/N-ethyl adjacent to an activating group) is 1. The second-order valence-electron chi connectivity index (χ2n) is 4.02. The maximum absolute atomic E-state index is 13.1. The van der Waals surface area contributed by atoms with Gasteiger partial charge in [0.2, 0.25) is 11.9 Å². The predicted molar refractivity (Wildman–Crippen MR) is 61.0 cm³/mol. The molecule has 6 heteroatoms. The van der Waals surface area contributed by atoms with Crippen molar-refractivity contribution in [1.29, 1.82) is 0 Å². The molecule has 1 saturated heterocycles. The fourth-order valence-electron chi connectivity index (χ4n) is 2.13. The highest BCUT2D eigenvalue weighted by atomic mass is 19.1. The Bertz CT molecular complexity index is 412. The third-order valence-electron chi connectivity index (χ3n) is 2.97. The monoisotopic (exact) mass is 238 g/mol. The minimum absolute atomic E-state index is 0.0521. The van der Waals surface area contributed by atoms with Crippen LogP contribution in [0.1, 0.15) is 19.3 Å². The second kappa shape index (κ2) is 5.07. The summed E-state index contributed by atoms with van der Waals surface area (Å²) in [6, 6.07) is 1.00. The molecule has 92 valence electrons. The van der Waals surface area contributed by atoms with E-state index in [1.54, 1.807) is 7.05 Å². The summed E-state index contributed by atoms with van der Waals surface area (Å²) >= 11 is 0. The lowest BCUT2D eigenvalue weighted by atomic mass is 10.0. The number of nitrogens with one attached hydrogen (secondary N) is 1. The highest BCUT2D eigenvalue weighted by molar-refractivity contribution is 5.84. The smallest absolute Gasteiger partial charge is 0.242 e. The number of carbonyl (C=O) groups is 1. The van der Waals surface area contributed by atoms with Gasteiger partial charge in [-0.15, -0.1) is 0 Å². The molecule has 1 atom stereocenters. The molecule has 1 unspecified atom stereocenters. The number of amides is 1. The van der Waals surface area contributed by atoms with E-state index in [4.69, 9.17) is 0 Å². The number of anilines is 1. The van der Waals surface area contributed by atoms with Gasteiger partial charge in [-0.05, 0) is 19.3 Å². The van der Waals surface area contributed by atoms with E-state index in [9.17, 15) is 9.18 Å². The summed E-state index contributed by atoms with van der Waals surface area (Å²) < 4.78 is 13.1. The lowest BCUT2D eigenvalue weighted by Crippen LogP contribution is -2.49. The minimum atomic E-state index is -0.573. The fourth-order valence-corrected chi connectivity index (χ4v) is 2.13. The third kappa shape index (κ3) is 2.51. The number of hydrogen-bond acceptors (Lipinski definition) is 4. The van der Waals surface area contributed by atoms with Crippen LogP contribution in [-0.4, -0.2) is 35.5 Å². The lowest BCUT2D eigenvalue weighted by Gasteiger charge is -2.35. The van der Waals surface area contributed by atoms with Crippen LogP contribution in [0.15, 0.2) is 12.4 Å². The summed E-state index contributed by atoms with van der Waals surface area (Å²) in [5.74, 6) is -0.147. The standard InChI is InChI=1S/C11H15FN4O/c1-13-11(17)8-4-2-3-5-16(8)10-6-9(12)14-7-15-10/h6-8H,2-5H2,1H3,(H,13,17). The van der Waals surface area contributed by atoms with Crippen LogP contribution in [0.2, 0.25) is 0 Å². The summed E-state index contributed by atoms with van der Waals surface area (Å²) in [6.45, 7) is 0.717. The molecule has 0 spiro atoms. The van der Waals surface area contributed by atoms with E-state index in [1.807, 2.05) is 4.90 Å². The molecule has 0 saturated carbocycles. The number of nitrogens with zero attached hydrogens (tertiary/aromatic N) is 3. The molecule has 5 nitrogen and oxygen atoms in total. The van der Waals surface area contributed by atoms with Crippen molar-refractivity contribution in [3.8, 4) is 0 Å². The Kier molecular flexibility index (Phi) is 3.51. The minimum Gasteiger partial charge on any atom is -0.357 e. The first-order chi connectivity index (χ1) is 8.22. The van der Waals surface area contributed by atoms with E-state index in [0.717, 1.165) is 19.3 Å². The zero-order valence-corrected chi connectivity index (χ0v) is 9.69. The van der Waals surface area contributed by atoms with Gasteiger partial charge in [-0.2, -0.15) is 4.39 Å². The van der Waals surface area contributed by atoms with Gasteiger partial charge in [0.25, 0.3) is 0 Å². The first-order valence-corrected chi connectivity index (χ1v) is 5.68. The number of carbonyl (C=O) groups excluding carboxylic acids is 1. The Morgan fingerprint density at radius 1 is 1.53 bits per heavy atom. The van der Waals surface area contributed by atoms with E-state index in [0.29, 0.717) is 12.4 Å².